The van der Waals surface area contributed by atoms with E-state index in [0.29, 0.717) is 30.2 Å². The second kappa shape index (κ2) is 10.8. The van der Waals surface area contributed by atoms with Crippen LogP contribution in [0.2, 0.25) is 0 Å². The van der Waals surface area contributed by atoms with Crippen molar-refractivity contribution < 1.29 is 18.3 Å². The first-order valence-electron chi connectivity index (χ1n) is 11.3. The predicted molar refractivity (Wildman–Crippen MR) is 127 cm³/mol. The van der Waals surface area contributed by atoms with Gasteiger partial charge >= 0.3 is 0 Å². The van der Waals surface area contributed by atoms with Crippen LogP contribution < -0.4 is 15.4 Å². The molecule has 4 rings (SSSR count). The Labute approximate surface area is 197 Å². The van der Waals surface area contributed by atoms with Crippen LogP contribution in [0, 0.1) is 11.6 Å². The van der Waals surface area contributed by atoms with E-state index in [-0.39, 0.29) is 5.56 Å². The fourth-order valence-electron chi connectivity index (χ4n) is 4.08. The molecule has 7 nitrogen and oxygen atoms in total. The highest BCUT2D eigenvalue weighted by Gasteiger charge is 2.17. The Morgan fingerprint density at radius 3 is 2.62 bits per heavy atom. The number of rotatable bonds is 8. The summed E-state index contributed by atoms with van der Waals surface area (Å²) >= 11 is 0. The molecule has 1 aliphatic heterocycles. The lowest BCUT2D eigenvalue weighted by atomic mass is 10.1. The van der Waals surface area contributed by atoms with E-state index >= 15 is 0 Å². The smallest absolute Gasteiger partial charge is 0.258 e. The van der Waals surface area contributed by atoms with Gasteiger partial charge in [0, 0.05) is 43.1 Å². The Kier molecular flexibility index (Phi) is 7.54. The number of likely N-dealkylation sites (tertiary alicyclic amines) is 1. The van der Waals surface area contributed by atoms with Crippen LogP contribution in [0.15, 0.2) is 48.7 Å². The van der Waals surface area contributed by atoms with Gasteiger partial charge in [0.25, 0.3) is 5.91 Å². The molecule has 0 aliphatic carbocycles. The molecule has 2 heterocycles. The molecular formula is C25H29F2N5O2. The zero-order valence-electron chi connectivity index (χ0n) is 19.4. The minimum atomic E-state index is -0.915. The molecule has 34 heavy (non-hydrogen) atoms. The van der Waals surface area contributed by atoms with E-state index in [9.17, 15) is 13.6 Å². The van der Waals surface area contributed by atoms with Crippen molar-refractivity contribution in [3.05, 3.63) is 65.9 Å². The second-order valence-corrected chi connectivity index (χ2v) is 8.51. The highest BCUT2D eigenvalue weighted by atomic mass is 19.1. The largest absolute Gasteiger partial charge is 0.492 e. The summed E-state index contributed by atoms with van der Waals surface area (Å²) in [6.07, 6.45) is 3.93. The van der Waals surface area contributed by atoms with Gasteiger partial charge in [0.15, 0.2) is 0 Å². The Morgan fingerprint density at radius 2 is 1.91 bits per heavy atom. The van der Waals surface area contributed by atoms with Gasteiger partial charge in [-0.25, -0.2) is 8.78 Å². The number of hydrogen-bond acceptors (Lipinski definition) is 5. The predicted octanol–water partition coefficient (Wildman–Crippen LogP) is 3.68. The molecule has 0 atom stereocenters. The van der Waals surface area contributed by atoms with Crippen LogP contribution in [0.4, 0.5) is 14.5 Å². The Morgan fingerprint density at radius 1 is 1.12 bits per heavy atom. The SMILES string of the molecule is CN1CCC(NCCOc2ccc(NC(=O)c3ccc(F)cc3F)cc2-c2ccnn2C)CC1. The molecule has 9 heteroatoms. The zero-order chi connectivity index (χ0) is 24.1. The summed E-state index contributed by atoms with van der Waals surface area (Å²) in [6, 6.07) is 10.4. The highest BCUT2D eigenvalue weighted by molar-refractivity contribution is 6.04. The van der Waals surface area contributed by atoms with Crippen LogP contribution in [-0.4, -0.2) is 59.9 Å². The van der Waals surface area contributed by atoms with E-state index < -0.39 is 17.5 Å². The third-order valence-electron chi connectivity index (χ3n) is 6.02. The standard InChI is InChI=1S/C25H29F2N5O2/c1-31-12-8-18(9-13-31)28-11-14-34-24-6-4-19(16-21(24)23-7-10-29-32(23)2)30-25(33)20-5-3-17(26)15-22(20)27/h3-7,10,15-16,18,28H,8-9,11-14H2,1-2H3,(H,30,33). The average Bonchev–Trinajstić information content (AvgIpc) is 3.24. The third kappa shape index (κ3) is 5.78. The molecule has 0 saturated carbocycles. The molecular weight excluding hydrogens is 440 g/mol. The molecule has 2 aromatic carbocycles. The van der Waals surface area contributed by atoms with Gasteiger partial charge in [0.05, 0.1) is 11.3 Å². The van der Waals surface area contributed by atoms with Crippen LogP contribution >= 0.6 is 0 Å². The maximum atomic E-state index is 14.0. The lowest BCUT2D eigenvalue weighted by molar-refractivity contribution is 0.102. The number of carbonyl (C=O) groups is 1. The van der Waals surface area contributed by atoms with Crippen molar-refractivity contribution in [1.82, 2.24) is 20.0 Å². The van der Waals surface area contributed by atoms with Gasteiger partial charge in [-0.3, -0.25) is 9.48 Å². The molecule has 1 aromatic heterocycles. The molecule has 3 aromatic rings. The summed E-state index contributed by atoms with van der Waals surface area (Å²) in [5.41, 5.74) is 1.78. The maximum Gasteiger partial charge on any atom is 0.258 e. The van der Waals surface area contributed by atoms with Gasteiger partial charge in [0.1, 0.15) is 24.0 Å². The fraction of sp³-hybridized carbons (Fsp3) is 0.360. The topological polar surface area (TPSA) is 71.4 Å². The van der Waals surface area contributed by atoms with Gasteiger partial charge < -0.3 is 20.3 Å². The van der Waals surface area contributed by atoms with Gasteiger partial charge in [-0.2, -0.15) is 5.10 Å². The number of ether oxygens (including phenoxy) is 1. The first-order chi connectivity index (χ1) is 16.4. The van der Waals surface area contributed by atoms with Crippen molar-refractivity contribution in [2.45, 2.75) is 18.9 Å². The summed E-state index contributed by atoms with van der Waals surface area (Å²) in [7, 11) is 3.96. The fourth-order valence-corrected chi connectivity index (χ4v) is 4.08. The number of halogens is 2. The molecule has 0 radical (unpaired) electrons. The number of benzene rings is 2. The number of hydrogen-bond donors (Lipinski definition) is 2. The molecule has 0 spiro atoms. The van der Waals surface area contributed by atoms with Crippen LogP contribution in [-0.2, 0) is 7.05 Å². The monoisotopic (exact) mass is 469 g/mol. The van der Waals surface area contributed by atoms with Crippen LogP contribution in [0.5, 0.6) is 5.75 Å². The molecule has 1 aliphatic rings. The molecule has 0 unspecified atom stereocenters. The van der Waals surface area contributed by atoms with E-state index in [1.54, 1.807) is 29.1 Å². The van der Waals surface area contributed by atoms with Gasteiger partial charge in [-0.05, 0) is 69.4 Å². The zero-order valence-corrected chi connectivity index (χ0v) is 19.4. The number of nitrogens with zero attached hydrogens (tertiary/aromatic N) is 3. The number of piperidine rings is 1. The average molecular weight is 470 g/mol. The second-order valence-electron chi connectivity index (χ2n) is 8.51. The Hall–Kier alpha value is -3.30. The van der Waals surface area contributed by atoms with Gasteiger partial charge in [0.2, 0.25) is 0 Å². The number of aromatic nitrogens is 2. The van der Waals surface area contributed by atoms with E-state index in [4.69, 9.17) is 4.74 Å². The molecule has 1 fully saturated rings. The highest BCUT2D eigenvalue weighted by Crippen LogP contribution is 2.32. The van der Waals surface area contributed by atoms with Crippen molar-refractivity contribution in [3.8, 4) is 17.0 Å². The van der Waals surface area contributed by atoms with Crippen molar-refractivity contribution in [2.75, 3.05) is 38.6 Å². The van der Waals surface area contributed by atoms with Crippen molar-refractivity contribution in [1.29, 1.82) is 0 Å². The molecule has 1 saturated heterocycles. The number of carbonyl (C=O) groups excluding carboxylic acids is 1. The van der Waals surface area contributed by atoms with E-state index in [1.807, 2.05) is 13.1 Å². The van der Waals surface area contributed by atoms with Crippen molar-refractivity contribution >= 4 is 11.6 Å². The van der Waals surface area contributed by atoms with Gasteiger partial charge in [-0.1, -0.05) is 0 Å². The summed E-state index contributed by atoms with van der Waals surface area (Å²) in [5.74, 6) is -1.66. The minimum absolute atomic E-state index is 0.233. The molecule has 180 valence electrons. The lowest BCUT2D eigenvalue weighted by Gasteiger charge is -2.29. The molecule has 2 N–H and O–H groups in total. The normalized spacial score (nSPS) is 14.8. The first-order valence-corrected chi connectivity index (χ1v) is 11.3. The van der Waals surface area contributed by atoms with Crippen LogP contribution in [0.25, 0.3) is 11.3 Å². The number of anilines is 1. The summed E-state index contributed by atoms with van der Waals surface area (Å²) < 4.78 is 35.0. The quantitative estimate of drug-likeness (QED) is 0.493. The Bertz CT molecular complexity index is 1140. The van der Waals surface area contributed by atoms with Crippen LogP contribution in [0.3, 0.4) is 0 Å². The minimum Gasteiger partial charge on any atom is -0.492 e. The first kappa shape index (κ1) is 23.8. The summed E-state index contributed by atoms with van der Waals surface area (Å²) in [6.45, 7) is 3.40. The number of aryl methyl sites for hydroxylation is 1. The lowest BCUT2D eigenvalue weighted by Crippen LogP contribution is -2.42. The summed E-state index contributed by atoms with van der Waals surface area (Å²) in [5, 5.41) is 10.5. The van der Waals surface area contributed by atoms with E-state index in [2.05, 4.69) is 27.7 Å². The summed E-state index contributed by atoms with van der Waals surface area (Å²) in [4.78, 5) is 14.9. The molecule has 1 amide bonds. The number of nitrogens with one attached hydrogen (secondary N) is 2. The molecule has 0 bridgehead atoms. The number of amides is 1. The van der Waals surface area contributed by atoms with E-state index in [1.165, 1.54) is 0 Å². The van der Waals surface area contributed by atoms with Gasteiger partial charge in [-0.15, -0.1) is 0 Å². The van der Waals surface area contributed by atoms with Crippen LogP contribution in [0.1, 0.15) is 23.2 Å². The Balaban J connectivity index is 1.45. The third-order valence-corrected chi connectivity index (χ3v) is 6.02. The van der Waals surface area contributed by atoms with Crippen molar-refractivity contribution in [3.63, 3.8) is 0 Å². The van der Waals surface area contributed by atoms with Crippen molar-refractivity contribution in [2.24, 2.45) is 7.05 Å². The maximum absolute atomic E-state index is 14.0. The van der Waals surface area contributed by atoms with E-state index in [0.717, 1.165) is 55.9 Å².